The van der Waals surface area contributed by atoms with Crippen LogP contribution < -0.4 is 4.74 Å². The van der Waals surface area contributed by atoms with Gasteiger partial charge in [0.15, 0.2) is 11.6 Å². The fourth-order valence-corrected chi connectivity index (χ4v) is 5.01. The van der Waals surface area contributed by atoms with Gasteiger partial charge in [-0.3, -0.25) is 4.79 Å². The number of fused-ring (bicyclic) bond motifs is 3. The topological polar surface area (TPSA) is 72.3 Å². The Balaban J connectivity index is 1.92. The van der Waals surface area contributed by atoms with E-state index in [0.29, 0.717) is 30.3 Å². The SMILES string of the molecule is CCOc1nc(-c2ccccc2)nc2c1CC[C@H]1[C@H](C)C(=O)/C(=C\O)C[C@]21C. The van der Waals surface area contributed by atoms with E-state index in [4.69, 9.17) is 14.7 Å². The summed E-state index contributed by atoms with van der Waals surface area (Å²) in [4.78, 5) is 22.4. The van der Waals surface area contributed by atoms with E-state index in [1.807, 2.05) is 44.2 Å². The number of benzene rings is 1. The van der Waals surface area contributed by atoms with Crippen molar-refractivity contribution in [2.75, 3.05) is 6.61 Å². The number of nitrogens with zero attached hydrogens (tertiary/aromatic N) is 2. The molecular formula is C23H26N2O3. The summed E-state index contributed by atoms with van der Waals surface area (Å²) in [5, 5.41) is 9.66. The first-order valence-corrected chi connectivity index (χ1v) is 9.96. The first-order valence-electron chi connectivity index (χ1n) is 9.96. The molecule has 1 aromatic carbocycles. The van der Waals surface area contributed by atoms with Crippen molar-refractivity contribution >= 4 is 5.78 Å². The molecule has 0 spiro atoms. The second-order valence-corrected chi connectivity index (χ2v) is 8.03. The summed E-state index contributed by atoms with van der Waals surface area (Å²) < 4.78 is 5.91. The number of hydrogen-bond acceptors (Lipinski definition) is 5. The van der Waals surface area contributed by atoms with E-state index in [1.165, 1.54) is 0 Å². The molecule has 1 aromatic heterocycles. The van der Waals surface area contributed by atoms with Crippen LogP contribution in [-0.4, -0.2) is 27.5 Å². The Morgan fingerprint density at radius 2 is 2.04 bits per heavy atom. The fourth-order valence-electron chi connectivity index (χ4n) is 5.01. The average molecular weight is 378 g/mol. The predicted octanol–water partition coefficient (Wildman–Crippen LogP) is 4.41. The fraction of sp³-hybridized carbons (Fsp3) is 0.435. The molecule has 5 heteroatoms. The summed E-state index contributed by atoms with van der Waals surface area (Å²) in [6, 6.07) is 9.89. The largest absolute Gasteiger partial charge is 0.515 e. The molecule has 1 saturated carbocycles. The van der Waals surface area contributed by atoms with Crippen LogP contribution in [0.5, 0.6) is 5.88 Å². The van der Waals surface area contributed by atoms with Crippen molar-refractivity contribution in [1.82, 2.24) is 9.97 Å². The molecule has 0 aliphatic heterocycles. The zero-order valence-corrected chi connectivity index (χ0v) is 16.6. The normalized spacial score (nSPS) is 28.0. The van der Waals surface area contributed by atoms with Gasteiger partial charge in [-0.2, -0.15) is 4.98 Å². The maximum absolute atomic E-state index is 12.6. The monoisotopic (exact) mass is 378 g/mol. The van der Waals surface area contributed by atoms with E-state index in [-0.39, 0.29) is 23.0 Å². The molecule has 0 radical (unpaired) electrons. The number of carbonyl (C=O) groups excluding carboxylic acids is 1. The maximum Gasteiger partial charge on any atom is 0.220 e. The van der Waals surface area contributed by atoms with E-state index >= 15 is 0 Å². The van der Waals surface area contributed by atoms with Gasteiger partial charge in [0.25, 0.3) is 0 Å². The molecule has 0 saturated heterocycles. The zero-order valence-electron chi connectivity index (χ0n) is 16.6. The molecule has 28 heavy (non-hydrogen) atoms. The maximum atomic E-state index is 12.6. The number of ether oxygens (including phenoxy) is 1. The molecule has 3 atom stereocenters. The highest BCUT2D eigenvalue weighted by molar-refractivity contribution is 5.98. The molecule has 2 aliphatic rings. The minimum atomic E-state index is -0.339. The Bertz CT molecular complexity index is 938. The highest BCUT2D eigenvalue weighted by Crippen LogP contribution is 2.53. The average Bonchev–Trinajstić information content (AvgIpc) is 2.71. The predicted molar refractivity (Wildman–Crippen MR) is 107 cm³/mol. The van der Waals surface area contributed by atoms with Crippen LogP contribution in [0.4, 0.5) is 0 Å². The molecule has 1 fully saturated rings. The molecule has 4 rings (SSSR count). The molecule has 0 amide bonds. The van der Waals surface area contributed by atoms with Gasteiger partial charge in [0.05, 0.1) is 18.6 Å². The minimum Gasteiger partial charge on any atom is -0.515 e. The first-order chi connectivity index (χ1) is 13.5. The number of aromatic nitrogens is 2. The van der Waals surface area contributed by atoms with Crippen molar-refractivity contribution in [3.63, 3.8) is 0 Å². The van der Waals surface area contributed by atoms with Gasteiger partial charge in [0.1, 0.15) is 0 Å². The van der Waals surface area contributed by atoms with Crippen LogP contribution in [0.15, 0.2) is 42.2 Å². The Morgan fingerprint density at radius 3 is 2.71 bits per heavy atom. The number of aliphatic hydroxyl groups excluding tert-OH is 1. The van der Waals surface area contributed by atoms with Gasteiger partial charge < -0.3 is 9.84 Å². The summed E-state index contributed by atoms with van der Waals surface area (Å²) >= 11 is 0. The third kappa shape index (κ3) is 2.81. The van der Waals surface area contributed by atoms with Crippen molar-refractivity contribution < 1.29 is 14.6 Å². The lowest BCUT2D eigenvalue weighted by molar-refractivity contribution is -0.124. The molecule has 0 unspecified atom stereocenters. The van der Waals surface area contributed by atoms with Gasteiger partial charge in [-0.1, -0.05) is 44.2 Å². The van der Waals surface area contributed by atoms with Gasteiger partial charge in [-0.05, 0) is 32.1 Å². The summed E-state index contributed by atoms with van der Waals surface area (Å²) in [7, 11) is 0. The van der Waals surface area contributed by atoms with Crippen LogP contribution >= 0.6 is 0 Å². The van der Waals surface area contributed by atoms with Crippen LogP contribution in [0.3, 0.4) is 0 Å². The Kier molecular flexibility index (Phi) is 4.69. The Hall–Kier alpha value is -2.69. The van der Waals surface area contributed by atoms with E-state index < -0.39 is 0 Å². The van der Waals surface area contributed by atoms with Crippen LogP contribution in [-0.2, 0) is 16.6 Å². The highest BCUT2D eigenvalue weighted by Gasteiger charge is 2.51. The van der Waals surface area contributed by atoms with Crippen molar-refractivity contribution in [3.8, 4) is 17.3 Å². The second-order valence-electron chi connectivity index (χ2n) is 8.03. The summed E-state index contributed by atoms with van der Waals surface area (Å²) in [5.74, 6) is 1.38. The standard InChI is InChI=1S/C23H26N2O3/c1-4-28-22-17-10-11-18-14(2)19(27)16(13-26)12-23(18,3)20(17)24-21(25-22)15-8-6-5-7-9-15/h5-9,13-14,18,26H,4,10-12H2,1-3H3/b16-13-/t14-,18-,23-/m0/s1. The second kappa shape index (κ2) is 7.04. The van der Waals surface area contributed by atoms with Crippen LogP contribution in [0, 0.1) is 11.8 Å². The van der Waals surface area contributed by atoms with Crippen LogP contribution in [0.2, 0.25) is 0 Å². The van der Waals surface area contributed by atoms with Crippen LogP contribution in [0.25, 0.3) is 11.4 Å². The zero-order chi connectivity index (χ0) is 19.9. The van der Waals surface area contributed by atoms with Crippen LogP contribution in [0.1, 0.15) is 44.9 Å². The number of aliphatic hydroxyl groups is 1. The van der Waals surface area contributed by atoms with Gasteiger partial charge in [0.2, 0.25) is 5.88 Å². The van der Waals surface area contributed by atoms with Gasteiger partial charge in [0, 0.05) is 28.0 Å². The quantitative estimate of drug-likeness (QED) is 0.632. The number of Topliss-reactive ketones (excluding diaryl/α,β-unsaturated/α-hetero) is 1. The summed E-state index contributed by atoms with van der Waals surface area (Å²) in [6.45, 7) is 6.63. The third-order valence-corrected chi connectivity index (χ3v) is 6.39. The molecule has 2 aromatic rings. The third-order valence-electron chi connectivity index (χ3n) is 6.39. The minimum absolute atomic E-state index is 0.0517. The molecule has 146 valence electrons. The van der Waals surface area contributed by atoms with E-state index in [1.54, 1.807) is 0 Å². The van der Waals surface area contributed by atoms with E-state index in [2.05, 4.69) is 6.92 Å². The van der Waals surface area contributed by atoms with Crippen molar-refractivity contribution in [2.24, 2.45) is 11.8 Å². The summed E-state index contributed by atoms with van der Waals surface area (Å²) in [6.07, 6.45) is 3.16. The van der Waals surface area contributed by atoms with Gasteiger partial charge >= 0.3 is 0 Å². The smallest absolute Gasteiger partial charge is 0.220 e. The molecule has 1 N–H and O–H groups in total. The molecule has 2 aliphatic carbocycles. The van der Waals surface area contributed by atoms with Crippen molar-refractivity contribution in [1.29, 1.82) is 0 Å². The van der Waals surface area contributed by atoms with Gasteiger partial charge in [-0.25, -0.2) is 4.98 Å². The lowest BCUT2D eigenvalue weighted by atomic mass is 9.55. The number of hydrogen-bond donors (Lipinski definition) is 1. The van der Waals surface area contributed by atoms with Crippen molar-refractivity contribution in [3.05, 3.63) is 53.4 Å². The first kappa shape index (κ1) is 18.7. The number of ketones is 1. The highest BCUT2D eigenvalue weighted by atomic mass is 16.5. The molecule has 5 nitrogen and oxygen atoms in total. The summed E-state index contributed by atoms with van der Waals surface area (Å²) in [5.41, 5.74) is 3.08. The molecule has 1 heterocycles. The van der Waals surface area contributed by atoms with Gasteiger partial charge in [-0.15, -0.1) is 0 Å². The van der Waals surface area contributed by atoms with Crippen molar-refractivity contribution in [2.45, 2.75) is 45.4 Å². The molecular weight excluding hydrogens is 352 g/mol. The number of allylic oxidation sites excluding steroid dienone is 1. The van der Waals surface area contributed by atoms with E-state index in [9.17, 15) is 9.90 Å². The lowest BCUT2D eigenvalue weighted by Crippen LogP contribution is -2.48. The molecule has 0 bridgehead atoms. The van der Waals surface area contributed by atoms with E-state index in [0.717, 1.165) is 35.9 Å². The number of rotatable bonds is 3. The Morgan fingerprint density at radius 1 is 1.29 bits per heavy atom. The Labute approximate surface area is 165 Å². The number of carbonyl (C=O) groups is 1. The lowest BCUT2D eigenvalue weighted by Gasteiger charge is -2.48.